The summed E-state index contributed by atoms with van der Waals surface area (Å²) in [6, 6.07) is 14.1. The van der Waals surface area contributed by atoms with E-state index < -0.39 is 0 Å². The first kappa shape index (κ1) is 26.0. The Hall–Kier alpha value is -2.07. The van der Waals surface area contributed by atoms with Crippen LogP contribution < -0.4 is 20.1 Å². The normalized spacial score (nSPS) is 12.1. The number of halogens is 2. The second kappa shape index (κ2) is 14.0. The van der Waals surface area contributed by atoms with Crippen molar-refractivity contribution in [3.63, 3.8) is 0 Å². The lowest BCUT2D eigenvalue weighted by molar-refractivity contribution is 0.223. The molecule has 2 rings (SSSR count). The van der Waals surface area contributed by atoms with Crippen molar-refractivity contribution in [1.82, 2.24) is 15.5 Å². The summed E-state index contributed by atoms with van der Waals surface area (Å²) in [6.07, 6.45) is -0.156. The zero-order valence-corrected chi connectivity index (χ0v) is 20.4. The van der Waals surface area contributed by atoms with Crippen molar-refractivity contribution in [2.75, 3.05) is 40.8 Å². The van der Waals surface area contributed by atoms with E-state index in [0.29, 0.717) is 31.4 Å². The Morgan fingerprint density at radius 3 is 2.60 bits per heavy atom. The lowest BCUT2D eigenvalue weighted by atomic mass is 10.2. The lowest BCUT2D eigenvalue weighted by Gasteiger charge is -2.18. The Bertz CT molecular complexity index is 789. The maximum Gasteiger partial charge on any atom is 0.191 e. The minimum absolute atomic E-state index is 0. The summed E-state index contributed by atoms with van der Waals surface area (Å²) in [5.41, 5.74) is 1.05. The highest BCUT2D eigenvalue weighted by Gasteiger charge is 2.08. The summed E-state index contributed by atoms with van der Waals surface area (Å²) in [4.78, 5) is 6.33. The fraction of sp³-hybridized carbons (Fsp3) is 0.409. The van der Waals surface area contributed by atoms with Gasteiger partial charge in [-0.15, -0.1) is 24.0 Å². The molecular weight excluding hydrogens is 498 g/mol. The van der Waals surface area contributed by atoms with Crippen LogP contribution in [0.3, 0.4) is 0 Å². The number of aliphatic imine (C=N–C) groups is 1. The summed E-state index contributed by atoms with van der Waals surface area (Å²) < 4.78 is 24.9. The van der Waals surface area contributed by atoms with Crippen molar-refractivity contribution in [2.24, 2.45) is 4.99 Å². The SMILES string of the molecule is CN=C(NCc1ccccc1OCCN(C)C)NCC(C)Oc1cccc(F)c1.I. The molecule has 0 amide bonds. The molecule has 0 saturated heterocycles. The van der Waals surface area contributed by atoms with Gasteiger partial charge in [0.25, 0.3) is 0 Å². The molecule has 166 valence electrons. The van der Waals surface area contributed by atoms with Gasteiger partial charge < -0.3 is 25.0 Å². The Morgan fingerprint density at radius 2 is 1.90 bits per heavy atom. The largest absolute Gasteiger partial charge is 0.492 e. The molecule has 0 bridgehead atoms. The van der Waals surface area contributed by atoms with Crippen LogP contribution in [0.1, 0.15) is 12.5 Å². The lowest BCUT2D eigenvalue weighted by Crippen LogP contribution is -2.41. The van der Waals surface area contributed by atoms with Crippen LogP contribution in [0.4, 0.5) is 4.39 Å². The average molecular weight is 530 g/mol. The maximum absolute atomic E-state index is 13.3. The number of ether oxygens (including phenoxy) is 2. The fourth-order valence-electron chi connectivity index (χ4n) is 2.58. The molecule has 0 fully saturated rings. The Labute approximate surface area is 195 Å². The zero-order valence-electron chi connectivity index (χ0n) is 18.0. The number of likely N-dealkylation sites (N-methyl/N-ethyl adjacent to an activating group) is 1. The van der Waals surface area contributed by atoms with Crippen molar-refractivity contribution in [3.05, 3.63) is 59.9 Å². The highest BCUT2D eigenvalue weighted by molar-refractivity contribution is 14.0. The molecule has 8 heteroatoms. The van der Waals surface area contributed by atoms with Crippen molar-refractivity contribution < 1.29 is 13.9 Å². The topological polar surface area (TPSA) is 58.1 Å². The molecule has 30 heavy (non-hydrogen) atoms. The van der Waals surface area contributed by atoms with E-state index in [1.807, 2.05) is 45.3 Å². The van der Waals surface area contributed by atoms with Crippen LogP contribution in [0.5, 0.6) is 11.5 Å². The molecule has 2 aromatic rings. The van der Waals surface area contributed by atoms with Crippen molar-refractivity contribution >= 4 is 29.9 Å². The number of nitrogens with zero attached hydrogens (tertiary/aromatic N) is 2. The Balaban J connectivity index is 0.00000450. The number of guanidine groups is 1. The van der Waals surface area contributed by atoms with Gasteiger partial charge in [0.15, 0.2) is 5.96 Å². The molecule has 1 unspecified atom stereocenters. The van der Waals surface area contributed by atoms with Crippen LogP contribution in [-0.4, -0.2) is 57.8 Å². The first-order valence-electron chi connectivity index (χ1n) is 9.70. The predicted octanol–water partition coefficient (Wildman–Crippen LogP) is 3.52. The first-order valence-corrected chi connectivity index (χ1v) is 9.70. The smallest absolute Gasteiger partial charge is 0.191 e. The number of nitrogens with one attached hydrogen (secondary N) is 2. The molecular formula is C22H32FIN4O2. The third kappa shape index (κ3) is 9.62. The highest BCUT2D eigenvalue weighted by Crippen LogP contribution is 2.17. The molecule has 0 saturated carbocycles. The van der Waals surface area contributed by atoms with Gasteiger partial charge in [-0.1, -0.05) is 24.3 Å². The summed E-state index contributed by atoms with van der Waals surface area (Å²) in [5, 5.41) is 6.51. The maximum atomic E-state index is 13.3. The van der Waals surface area contributed by atoms with Gasteiger partial charge in [0.2, 0.25) is 0 Å². The van der Waals surface area contributed by atoms with Crippen LogP contribution in [0.15, 0.2) is 53.5 Å². The minimum Gasteiger partial charge on any atom is -0.492 e. The van der Waals surface area contributed by atoms with Gasteiger partial charge >= 0.3 is 0 Å². The van der Waals surface area contributed by atoms with Gasteiger partial charge in [0, 0.05) is 31.8 Å². The van der Waals surface area contributed by atoms with Crippen molar-refractivity contribution in [2.45, 2.75) is 19.6 Å². The fourth-order valence-corrected chi connectivity index (χ4v) is 2.58. The average Bonchev–Trinajstić information content (AvgIpc) is 2.69. The van der Waals surface area contributed by atoms with Gasteiger partial charge in [-0.3, -0.25) is 4.99 Å². The van der Waals surface area contributed by atoms with Crippen LogP contribution in [0, 0.1) is 5.82 Å². The van der Waals surface area contributed by atoms with Crippen LogP contribution in [-0.2, 0) is 6.54 Å². The van der Waals surface area contributed by atoms with Crippen LogP contribution in [0.2, 0.25) is 0 Å². The van der Waals surface area contributed by atoms with E-state index in [-0.39, 0.29) is 35.9 Å². The second-order valence-corrected chi connectivity index (χ2v) is 6.95. The molecule has 6 nitrogen and oxygen atoms in total. The highest BCUT2D eigenvalue weighted by atomic mass is 127. The number of hydrogen-bond acceptors (Lipinski definition) is 4. The van der Waals surface area contributed by atoms with Gasteiger partial charge in [-0.25, -0.2) is 4.39 Å². The zero-order chi connectivity index (χ0) is 21.1. The monoisotopic (exact) mass is 530 g/mol. The molecule has 0 aliphatic heterocycles. The number of rotatable bonds is 10. The minimum atomic E-state index is -0.313. The molecule has 1 atom stereocenters. The van der Waals surface area contributed by atoms with E-state index in [2.05, 4.69) is 20.5 Å². The molecule has 0 spiro atoms. The Kier molecular flexibility index (Phi) is 12.1. The molecule has 0 heterocycles. The summed E-state index contributed by atoms with van der Waals surface area (Å²) >= 11 is 0. The van der Waals surface area contributed by atoms with Gasteiger partial charge in [0.05, 0.1) is 6.54 Å². The summed E-state index contributed by atoms with van der Waals surface area (Å²) in [7, 11) is 5.75. The van der Waals surface area contributed by atoms with Gasteiger partial charge in [0.1, 0.15) is 30.0 Å². The van der Waals surface area contributed by atoms with E-state index in [4.69, 9.17) is 9.47 Å². The van der Waals surface area contributed by atoms with Gasteiger partial charge in [-0.05, 0) is 39.2 Å². The molecule has 0 aliphatic carbocycles. The van der Waals surface area contributed by atoms with E-state index in [1.54, 1.807) is 19.2 Å². The quantitative estimate of drug-likeness (QED) is 0.280. The Morgan fingerprint density at radius 1 is 1.13 bits per heavy atom. The predicted molar refractivity (Wildman–Crippen MR) is 131 cm³/mol. The third-order valence-electron chi connectivity index (χ3n) is 4.13. The summed E-state index contributed by atoms with van der Waals surface area (Å²) in [6.45, 7) is 4.51. The van der Waals surface area contributed by atoms with Crippen LogP contribution in [0.25, 0.3) is 0 Å². The van der Waals surface area contributed by atoms with Gasteiger partial charge in [-0.2, -0.15) is 0 Å². The molecule has 0 aliphatic rings. The standard InChI is InChI=1S/C22H31FN4O2.HI/c1-17(29-20-10-7-9-19(23)14-20)15-25-22(24-2)26-16-18-8-5-6-11-21(18)28-13-12-27(3)4;/h5-11,14,17H,12-13,15-16H2,1-4H3,(H2,24,25,26);1H. The van der Waals surface area contributed by atoms with E-state index in [1.165, 1.54) is 12.1 Å². The van der Waals surface area contributed by atoms with E-state index >= 15 is 0 Å². The molecule has 2 N–H and O–H groups in total. The third-order valence-corrected chi connectivity index (χ3v) is 4.13. The summed E-state index contributed by atoms with van der Waals surface area (Å²) in [5.74, 6) is 1.71. The van der Waals surface area contributed by atoms with Crippen LogP contribution >= 0.6 is 24.0 Å². The van der Waals surface area contributed by atoms with E-state index in [9.17, 15) is 4.39 Å². The number of benzene rings is 2. The molecule has 2 aromatic carbocycles. The first-order chi connectivity index (χ1) is 14.0. The number of para-hydroxylation sites is 1. The molecule has 0 aromatic heterocycles. The second-order valence-electron chi connectivity index (χ2n) is 6.95. The molecule has 0 radical (unpaired) electrons. The van der Waals surface area contributed by atoms with Crippen molar-refractivity contribution in [1.29, 1.82) is 0 Å². The van der Waals surface area contributed by atoms with E-state index in [0.717, 1.165) is 17.9 Å². The number of hydrogen-bond donors (Lipinski definition) is 2. The van der Waals surface area contributed by atoms with Crippen molar-refractivity contribution in [3.8, 4) is 11.5 Å².